The van der Waals surface area contributed by atoms with Gasteiger partial charge in [-0.25, -0.2) is 4.79 Å². The number of carbonyl (C=O) groups is 3. The Kier molecular flexibility index (Phi) is 5.29. The minimum Gasteiger partial charge on any atom is -0.351 e. The largest absolute Gasteiger partial charge is 0.351 e. The second-order valence-electron chi connectivity index (χ2n) is 4.81. The minimum absolute atomic E-state index is 0.0578. The lowest BCUT2D eigenvalue weighted by Crippen LogP contribution is -2.49. The molecular formula is C13H18N4O3S. The normalized spacial score (nSPS) is 15.7. The van der Waals surface area contributed by atoms with Crippen LogP contribution in [0.2, 0.25) is 0 Å². The van der Waals surface area contributed by atoms with Gasteiger partial charge >= 0.3 is 6.03 Å². The maximum absolute atomic E-state index is 12.2. The Morgan fingerprint density at radius 1 is 1.24 bits per heavy atom. The van der Waals surface area contributed by atoms with E-state index >= 15 is 0 Å². The van der Waals surface area contributed by atoms with Gasteiger partial charge in [0.25, 0.3) is 5.91 Å². The van der Waals surface area contributed by atoms with Crippen molar-refractivity contribution in [2.45, 2.75) is 6.42 Å². The molecule has 114 valence electrons. The fourth-order valence-electron chi connectivity index (χ4n) is 2.20. The van der Waals surface area contributed by atoms with Crippen LogP contribution in [0.25, 0.3) is 0 Å². The molecule has 0 aromatic carbocycles. The Hall–Kier alpha value is -1.93. The molecule has 7 nitrogen and oxygen atoms in total. The number of primary amides is 1. The molecular weight excluding hydrogens is 292 g/mol. The first-order valence-corrected chi connectivity index (χ1v) is 7.63. The lowest BCUT2D eigenvalue weighted by atomic mass is 10.2. The molecule has 0 atom stereocenters. The van der Waals surface area contributed by atoms with Gasteiger partial charge in [-0.2, -0.15) is 11.3 Å². The van der Waals surface area contributed by atoms with E-state index in [2.05, 4.69) is 4.90 Å². The van der Waals surface area contributed by atoms with E-state index in [0.29, 0.717) is 19.6 Å². The molecule has 0 aliphatic carbocycles. The highest BCUT2D eigenvalue weighted by molar-refractivity contribution is 7.08. The van der Waals surface area contributed by atoms with E-state index in [4.69, 9.17) is 5.73 Å². The van der Waals surface area contributed by atoms with E-state index in [0.717, 1.165) is 18.7 Å². The predicted molar refractivity (Wildman–Crippen MR) is 79.0 cm³/mol. The molecule has 0 unspecified atom stereocenters. The molecule has 0 saturated carbocycles. The summed E-state index contributed by atoms with van der Waals surface area (Å²) in [6, 6.07) is 0.999. The zero-order valence-electron chi connectivity index (χ0n) is 11.6. The topological polar surface area (TPSA) is 95.7 Å². The number of piperazine rings is 1. The van der Waals surface area contributed by atoms with Crippen molar-refractivity contribution in [3.63, 3.8) is 0 Å². The third kappa shape index (κ3) is 4.54. The number of carbonyl (C=O) groups excluding carboxylic acids is 3. The first-order valence-electron chi connectivity index (χ1n) is 6.69. The molecule has 0 radical (unpaired) electrons. The number of hydrogen-bond donors (Lipinski definition) is 2. The number of nitrogens with one attached hydrogen (secondary N) is 1. The minimum atomic E-state index is -0.828. The Morgan fingerprint density at radius 3 is 2.52 bits per heavy atom. The molecule has 0 spiro atoms. The number of amides is 4. The molecule has 1 aromatic heterocycles. The van der Waals surface area contributed by atoms with Gasteiger partial charge in [-0.05, 0) is 11.4 Å². The molecule has 0 bridgehead atoms. The third-order valence-electron chi connectivity index (χ3n) is 3.35. The van der Waals surface area contributed by atoms with E-state index in [1.165, 1.54) is 11.3 Å². The van der Waals surface area contributed by atoms with Crippen LogP contribution in [0, 0.1) is 0 Å². The summed E-state index contributed by atoms with van der Waals surface area (Å²) in [6.07, 6.45) is 0.224. The van der Waals surface area contributed by atoms with Crippen LogP contribution in [0.3, 0.4) is 0 Å². The van der Waals surface area contributed by atoms with Gasteiger partial charge in [0.15, 0.2) is 0 Å². The van der Waals surface area contributed by atoms with Crippen molar-refractivity contribution < 1.29 is 14.4 Å². The summed E-state index contributed by atoms with van der Waals surface area (Å²) in [4.78, 5) is 37.9. The number of thiophene rings is 1. The highest BCUT2D eigenvalue weighted by atomic mass is 32.1. The lowest BCUT2D eigenvalue weighted by Gasteiger charge is -2.34. The third-order valence-corrected chi connectivity index (χ3v) is 4.03. The van der Waals surface area contributed by atoms with Gasteiger partial charge in [0, 0.05) is 44.5 Å². The van der Waals surface area contributed by atoms with E-state index in [1.807, 2.05) is 27.0 Å². The number of nitrogens with zero attached hydrogens (tertiary/aromatic N) is 2. The van der Waals surface area contributed by atoms with E-state index in [9.17, 15) is 14.4 Å². The highest BCUT2D eigenvalue weighted by Crippen LogP contribution is 2.12. The van der Waals surface area contributed by atoms with Crippen molar-refractivity contribution >= 4 is 29.2 Å². The molecule has 2 heterocycles. The Bertz CT molecular complexity index is 509. The monoisotopic (exact) mass is 310 g/mol. The fraction of sp³-hybridized carbons (Fsp3) is 0.462. The zero-order valence-corrected chi connectivity index (χ0v) is 12.4. The second kappa shape index (κ2) is 7.19. The van der Waals surface area contributed by atoms with E-state index < -0.39 is 6.03 Å². The zero-order chi connectivity index (χ0) is 15.2. The summed E-state index contributed by atoms with van der Waals surface area (Å²) in [7, 11) is 0. The molecule has 21 heavy (non-hydrogen) atoms. The quantitative estimate of drug-likeness (QED) is 0.824. The number of nitrogens with two attached hydrogens (primary N) is 1. The number of rotatable bonds is 4. The van der Waals surface area contributed by atoms with Crippen molar-refractivity contribution in [3.05, 3.63) is 22.4 Å². The summed E-state index contributed by atoms with van der Waals surface area (Å²) in [5.74, 6) is -0.318. The molecule has 1 aliphatic rings. The van der Waals surface area contributed by atoms with Crippen molar-refractivity contribution in [1.29, 1.82) is 0 Å². The Balaban J connectivity index is 1.72. The first kappa shape index (κ1) is 15.5. The van der Waals surface area contributed by atoms with Gasteiger partial charge < -0.3 is 10.6 Å². The van der Waals surface area contributed by atoms with E-state index in [1.54, 1.807) is 0 Å². The van der Waals surface area contributed by atoms with Crippen LogP contribution in [0.5, 0.6) is 0 Å². The molecule has 1 aliphatic heterocycles. The van der Waals surface area contributed by atoms with Crippen molar-refractivity contribution in [1.82, 2.24) is 15.1 Å². The van der Waals surface area contributed by atoms with Crippen LogP contribution in [0.15, 0.2) is 16.8 Å². The molecule has 1 fully saturated rings. The van der Waals surface area contributed by atoms with E-state index in [-0.39, 0.29) is 18.2 Å². The van der Waals surface area contributed by atoms with Gasteiger partial charge in [0.1, 0.15) is 0 Å². The van der Waals surface area contributed by atoms with Crippen LogP contribution in [-0.4, -0.2) is 60.4 Å². The summed E-state index contributed by atoms with van der Waals surface area (Å²) < 4.78 is 0. The van der Waals surface area contributed by atoms with Gasteiger partial charge in [0.2, 0.25) is 5.91 Å². The van der Waals surface area contributed by atoms with Crippen LogP contribution in [0.4, 0.5) is 4.79 Å². The summed E-state index contributed by atoms with van der Waals surface area (Å²) in [5, 5.41) is 5.78. The van der Waals surface area contributed by atoms with Crippen LogP contribution in [0.1, 0.15) is 16.8 Å². The average Bonchev–Trinajstić information content (AvgIpc) is 2.98. The van der Waals surface area contributed by atoms with Crippen molar-refractivity contribution in [2.75, 3.05) is 32.7 Å². The Morgan fingerprint density at radius 2 is 1.95 bits per heavy atom. The molecule has 2 rings (SSSR count). The number of hydrogen-bond acceptors (Lipinski definition) is 5. The Labute approximate surface area is 126 Å². The maximum atomic E-state index is 12.2. The lowest BCUT2D eigenvalue weighted by molar-refractivity contribution is -0.120. The maximum Gasteiger partial charge on any atom is 0.318 e. The van der Waals surface area contributed by atoms with Crippen molar-refractivity contribution in [2.24, 2.45) is 5.73 Å². The first-order chi connectivity index (χ1) is 10.1. The summed E-state index contributed by atoms with van der Waals surface area (Å²) >= 11 is 1.51. The molecule has 1 aromatic rings. The molecule has 4 amide bonds. The van der Waals surface area contributed by atoms with Gasteiger partial charge in [-0.1, -0.05) is 0 Å². The van der Waals surface area contributed by atoms with Crippen LogP contribution >= 0.6 is 11.3 Å². The highest BCUT2D eigenvalue weighted by Gasteiger charge is 2.22. The molecule has 8 heteroatoms. The number of urea groups is 1. The van der Waals surface area contributed by atoms with Crippen LogP contribution < -0.4 is 11.1 Å². The smallest absolute Gasteiger partial charge is 0.318 e. The van der Waals surface area contributed by atoms with Gasteiger partial charge in [0.05, 0.1) is 5.56 Å². The molecule has 1 saturated heterocycles. The van der Waals surface area contributed by atoms with Gasteiger partial charge in [-0.3, -0.25) is 19.8 Å². The van der Waals surface area contributed by atoms with Gasteiger partial charge in [-0.15, -0.1) is 0 Å². The average molecular weight is 310 g/mol. The summed E-state index contributed by atoms with van der Waals surface area (Å²) in [6.45, 7) is 3.29. The molecule has 3 N–H and O–H groups in total. The van der Waals surface area contributed by atoms with Crippen LogP contribution in [-0.2, 0) is 4.79 Å². The SMILES string of the molecule is NC(=O)NC(=O)CCN1CCN(C(=O)c2ccsc2)CC1. The second-order valence-corrected chi connectivity index (χ2v) is 5.59. The van der Waals surface area contributed by atoms with Crippen molar-refractivity contribution in [3.8, 4) is 0 Å². The predicted octanol–water partition coefficient (Wildman–Crippen LogP) is 0.0909. The summed E-state index contributed by atoms with van der Waals surface area (Å²) in [5.41, 5.74) is 5.60. The number of imide groups is 1. The fourth-order valence-corrected chi connectivity index (χ4v) is 2.83. The standard InChI is InChI=1S/C13H18N4O3S/c14-13(20)15-11(18)1-3-16-4-6-17(7-5-16)12(19)10-2-8-21-9-10/h2,8-9H,1,3-7H2,(H3,14,15,18,20).